The Balaban J connectivity index is 2.86. The van der Waals surface area contributed by atoms with E-state index >= 15 is 0 Å². The lowest BCUT2D eigenvalue weighted by Gasteiger charge is -2.04. The summed E-state index contributed by atoms with van der Waals surface area (Å²) in [6.45, 7) is -0.0457. The number of urea groups is 1. The maximum absolute atomic E-state index is 13.3. The number of hydrogen-bond donors (Lipinski definition) is 3. The van der Waals surface area contributed by atoms with Crippen LogP contribution in [0.25, 0.3) is 6.08 Å². The molecule has 0 fully saturated rings. The predicted octanol–water partition coefficient (Wildman–Crippen LogP) is 1.09. The highest BCUT2D eigenvalue weighted by Crippen LogP contribution is 2.11. The maximum Gasteiger partial charge on any atom is 0.328 e. The number of nitrogens with one attached hydrogen (secondary N) is 1. The molecule has 0 atom stereocenters. The molecule has 0 saturated heterocycles. The number of carboxylic acids is 1. The molecule has 90 valence electrons. The van der Waals surface area contributed by atoms with Crippen LogP contribution in [-0.2, 0) is 11.3 Å². The number of benzene rings is 1. The van der Waals surface area contributed by atoms with Crippen molar-refractivity contribution in [2.24, 2.45) is 5.73 Å². The van der Waals surface area contributed by atoms with E-state index in [9.17, 15) is 14.0 Å². The van der Waals surface area contributed by atoms with Gasteiger partial charge >= 0.3 is 12.0 Å². The van der Waals surface area contributed by atoms with E-state index in [-0.39, 0.29) is 12.1 Å². The van der Waals surface area contributed by atoms with E-state index in [1.165, 1.54) is 24.3 Å². The number of carbonyl (C=O) groups is 2. The van der Waals surface area contributed by atoms with Crippen molar-refractivity contribution in [3.8, 4) is 0 Å². The van der Waals surface area contributed by atoms with Crippen LogP contribution in [0.4, 0.5) is 9.18 Å². The molecule has 0 saturated carbocycles. The fourth-order valence-electron chi connectivity index (χ4n) is 1.18. The van der Waals surface area contributed by atoms with Crippen molar-refractivity contribution < 1.29 is 19.1 Å². The summed E-state index contributed by atoms with van der Waals surface area (Å²) in [6.07, 6.45) is 2.27. The van der Waals surface area contributed by atoms with Crippen molar-refractivity contribution in [3.05, 3.63) is 41.2 Å². The van der Waals surface area contributed by atoms with Gasteiger partial charge < -0.3 is 16.2 Å². The lowest BCUT2D eigenvalue weighted by Crippen LogP contribution is -2.29. The van der Waals surface area contributed by atoms with Gasteiger partial charge in [-0.15, -0.1) is 0 Å². The second-order valence-electron chi connectivity index (χ2n) is 3.24. The lowest BCUT2D eigenvalue weighted by atomic mass is 10.1. The minimum absolute atomic E-state index is 0.0457. The van der Waals surface area contributed by atoms with Crippen LogP contribution < -0.4 is 11.1 Å². The normalized spacial score (nSPS) is 10.4. The summed E-state index contributed by atoms with van der Waals surface area (Å²) in [5, 5.41) is 10.7. The van der Waals surface area contributed by atoms with Gasteiger partial charge in [-0.2, -0.15) is 0 Å². The first-order valence-corrected chi connectivity index (χ1v) is 4.72. The van der Waals surface area contributed by atoms with E-state index in [2.05, 4.69) is 5.32 Å². The molecule has 0 aliphatic rings. The van der Waals surface area contributed by atoms with Gasteiger partial charge in [-0.25, -0.2) is 14.0 Å². The first-order chi connectivity index (χ1) is 7.99. The van der Waals surface area contributed by atoms with Gasteiger partial charge in [-0.3, -0.25) is 0 Å². The minimum atomic E-state index is -1.09. The molecule has 0 aliphatic heterocycles. The molecule has 0 heterocycles. The summed E-state index contributed by atoms with van der Waals surface area (Å²) < 4.78 is 13.3. The Morgan fingerprint density at radius 1 is 1.47 bits per heavy atom. The van der Waals surface area contributed by atoms with Gasteiger partial charge in [0.25, 0.3) is 0 Å². The number of nitrogens with two attached hydrogens (primary N) is 1. The second-order valence-corrected chi connectivity index (χ2v) is 3.24. The van der Waals surface area contributed by atoms with E-state index in [4.69, 9.17) is 10.8 Å². The first-order valence-electron chi connectivity index (χ1n) is 4.72. The molecule has 0 unspecified atom stereocenters. The van der Waals surface area contributed by atoms with E-state index in [0.717, 1.165) is 6.08 Å². The Morgan fingerprint density at radius 2 is 2.18 bits per heavy atom. The average Bonchev–Trinajstić information content (AvgIpc) is 2.26. The van der Waals surface area contributed by atoms with Gasteiger partial charge in [0.2, 0.25) is 0 Å². The van der Waals surface area contributed by atoms with Crippen molar-refractivity contribution in [2.75, 3.05) is 0 Å². The number of carboxylic acid groups (broad SMARTS) is 1. The zero-order valence-corrected chi connectivity index (χ0v) is 8.81. The number of rotatable bonds is 4. The van der Waals surface area contributed by atoms with Crippen LogP contribution in [0.2, 0.25) is 0 Å². The number of hydrogen-bond acceptors (Lipinski definition) is 2. The van der Waals surface area contributed by atoms with Crippen molar-refractivity contribution in [3.63, 3.8) is 0 Å². The molecule has 6 heteroatoms. The Morgan fingerprint density at radius 3 is 2.76 bits per heavy atom. The van der Waals surface area contributed by atoms with Gasteiger partial charge in [0.05, 0.1) is 0 Å². The monoisotopic (exact) mass is 238 g/mol. The van der Waals surface area contributed by atoms with E-state index in [1.54, 1.807) is 0 Å². The van der Waals surface area contributed by atoms with Gasteiger partial charge in [0.1, 0.15) is 5.82 Å². The molecule has 1 aromatic carbocycles. The molecule has 2 amide bonds. The fraction of sp³-hybridized carbons (Fsp3) is 0.0909. The molecule has 17 heavy (non-hydrogen) atoms. The van der Waals surface area contributed by atoms with Crippen LogP contribution in [0.15, 0.2) is 24.3 Å². The van der Waals surface area contributed by atoms with Crippen molar-refractivity contribution in [1.82, 2.24) is 5.32 Å². The molecule has 4 N–H and O–H groups in total. The van der Waals surface area contributed by atoms with Crippen LogP contribution in [0.3, 0.4) is 0 Å². The summed E-state index contributed by atoms with van der Waals surface area (Å²) in [5.41, 5.74) is 5.62. The van der Waals surface area contributed by atoms with Crippen LogP contribution >= 0.6 is 0 Å². The topological polar surface area (TPSA) is 92.4 Å². The molecule has 1 rings (SSSR count). The van der Waals surface area contributed by atoms with Crippen molar-refractivity contribution in [1.29, 1.82) is 0 Å². The third kappa shape index (κ3) is 4.33. The SMILES string of the molecule is NC(=O)NCc1cc(C=CC(=O)O)ccc1F. The van der Waals surface area contributed by atoms with Gasteiger partial charge in [-0.1, -0.05) is 6.07 Å². The lowest BCUT2D eigenvalue weighted by molar-refractivity contribution is -0.131. The Hall–Kier alpha value is -2.37. The molecular formula is C11H11FN2O3. The van der Waals surface area contributed by atoms with Crippen LogP contribution in [0, 0.1) is 5.82 Å². The highest BCUT2D eigenvalue weighted by molar-refractivity contribution is 5.85. The third-order valence-corrected chi connectivity index (χ3v) is 1.94. The molecule has 1 aromatic rings. The van der Waals surface area contributed by atoms with E-state index in [1.807, 2.05) is 0 Å². The summed E-state index contributed by atoms with van der Waals surface area (Å²) in [7, 11) is 0. The van der Waals surface area contributed by atoms with E-state index < -0.39 is 17.8 Å². The predicted molar refractivity (Wildman–Crippen MR) is 59.5 cm³/mol. The van der Waals surface area contributed by atoms with Crippen molar-refractivity contribution >= 4 is 18.1 Å². The van der Waals surface area contributed by atoms with E-state index in [0.29, 0.717) is 5.56 Å². The zero-order chi connectivity index (χ0) is 12.8. The Labute approximate surface area is 96.7 Å². The molecule has 0 aliphatic carbocycles. The zero-order valence-electron chi connectivity index (χ0n) is 8.81. The van der Waals surface area contributed by atoms with Gasteiger partial charge in [-0.05, 0) is 23.8 Å². The summed E-state index contributed by atoms with van der Waals surface area (Å²) >= 11 is 0. The highest BCUT2D eigenvalue weighted by Gasteiger charge is 2.03. The van der Waals surface area contributed by atoms with Crippen molar-refractivity contribution in [2.45, 2.75) is 6.54 Å². The first kappa shape index (κ1) is 12.7. The molecule has 5 nitrogen and oxygen atoms in total. The summed E-state index contributed by atoms with van der Waals surface area (Å²) in [6, 6.07) is 3.31. The Bertz CT molecular complexity index is 472. The number of primary amides is 1. The molecule has 0 bridgehead atoms. The molecule has 0 spiro atoms. The standard InChI is InChI=1S/C11H11FN2O3/c12-9-3-1-7(2-4-10(15)16)5-8(9)6-14-11(13)17/h1-5H,6H2,(H,15,16)(H3,13,14,17). The number of amides is 2. The summed E-state index contributed by atoms with van der Waals surface area (Å²) in [4.78, 5) is 20.8. The smallest absolute Gasteiger partial charge is 0.328 e. The van der Waals surface area contributed by atoms with Gasteiger partial charge in [0.15, 0.2) is 0 Å². The molecule has 0 aromatic heterocycles. The summed E-state index contributed by atoms with van der Waals surface area (Å²) in [5.74, 6) is -1.59. The number of aliphatic carboxylic acids is 1. The number of halogens is 1. The Kier molecular flexibility index (Phi) is 4.21. The minimum Gasteiger partial charge on any atom is -0.478 e. The van der Waals surface area contributed by atoms with Gasteiger partial charge in [0, 0.05) is 18.2 Å². The van der Waals surface area contributed by atoms with Crippen LogP contribution in [0.5, 0.6) is 0 Å². The quantitative estimate of drug-likeness (QED) is 0.685. The largest absolute Gasteiger partial charge is 0.478 e. The van der Waals surface area contributed by atoms with Crippen LogP contribution in [0.1, 0.15) is 11.1 Å². The van der Waals surface area contributed by atoms with Crippen LogP contribution in [-0.4, -0.2) is 17.1 Å². The molecular weight excluding hydrogens is 227 g/mol. The molecule has 0 radical (unpaired) electrons. The number of carbonyl (C=O) groups excluding carboxylic acids is 1. The maximum atomic E-state index is 13.3. The third-order valence-electron chi connectivity index (χ3n) is 1.94. The average molecular weight is 238 g/mol. The highest BCUT2D eigenvalue weighted by atomic mass is 19.1. The fourth-order valence-corrected chi connectivity index (χ4v) is 1.18. The second kappa shape index (κ2) is 5.64.